The van der Waals surface area contributed by atoms with Gasteiger partial charge in [-0.1, -0.05) is 12.1 Å². The van der Waals surface area contributed by atoms with E-state index in [0.29, 0.717) is 17.2 Å². The van der Waals surface area contributed by atoms with Crippen LogP contribution in [0.4, 0.5) is 0 Å². The molecule has 30 heavy (non-hydrogen) atoms. The lowest BCUT2D eigenvalue weighted by Gasteiger charge is -2.39. The standard InChI is InChI=1S/C23H26N2O4.ClH/c1-25-9-8-19-18(13-25)16-11-20(27-2)21(28-3)12-17(16)22(24-19)14-6-5-7-15(10-14)23(26)29-4;/h5-7,10-12,18-19H,8-9,13H2,1-4H3;1H/t18-,19-;/m1./s1. The van der Waals surface area contributed by atoms with Gasteiger partial charge in [-0.2, -0.15) is 0 Å². The summed E-state index contributed by atoms with van der Waals surface area (Å²) in [6.45, 7) is 1.97. The summed E-state index contributed by atoms with van der Waals surface area (Å²) in [5, 5.41) is 0. The lowest BCUT2D eigenvalue weighted by molar-refractivity contribution is 0.0600. The molecule has 6 nitrogen and oxygen atoms in total. The molecule has 0 N–H and O–H groups in total. The number of fused-ring (bicyclic) bond motifs is 3. The zero-order valence-electron chi connectivity index (χ0n) is 17.7. The van der Waals surface area contributed by atoms with Crippen molar-refractivity contribution in [1.29, 1.82) is 0 Å². The molecule has 2 heterocycles. The number of likely N-dealkylation sites (N-methyl/N-ethyl adjacent to an activating group) is 1. The molecule has 0 saturated carbocycles. The van der Waals surface area contributed by atoms with Crippen LogP contribution >= 0.6 is 12.4 Å². The third-order valence-corrected chi connectivity index (χ3v) is 5.84. The quantitative estimate of drug-likeness (QED) is 0.694. The number of esters is 1. The highest BCUT2D eigenvalue weighted by atomic mass is 35.5. The fraction of sp³-hybridized carbons (Fsp3) is 0.391. The molecule has 1 saturated heterocycles. The number of piperidine rings is 1. The summed E-state index contributed by atoms with van der Waals surface area (Å²) in [6, 6.07) is 11.7. The topological polar surface area (TPSA) is 60.4 Å². The van der Waals surface area contributed by atoms with Crippen LogP contribution in [-0.2, 0) is 4.74 Å². The average Bonchev–Trinajstić information content (AvgIpc) is 2.77. The molecule has 7 heteroatoms. The Balaban J connectivity index is 0.00000256. The van der Waals surface area contributed by atoms with Crippen LogP contribution in [0.5, 0.6) is 11.5 Å². The van der Waals surface area contributed by atoms with Crippen molar-refractivity contribution < 1.29 is 19.0 Å². The molecule has 2 aliphatic rings. The number of aliphatic imine (C=N–C) groups is 1. The highest BCUT2D eigenvalue weighted by Gasteiger charge is 2.36. The molecule has 0 spiro atoms. The molecule has 0 aliphatic carbocycles. The van der Waals surface area contributed by atoms with Crippen molar-refractivity contribution in [3.63, 3.8) is 0 Å². The average molecular weight is 431 g/mol. The van der Waals surface area contributed by atoms with Crippen molar-refractivity contribution >= 4 is 24.1 Å². The third-order valence-electron chi connectivity index (χ3n) is 5.84. The number of nitrogens with zero attached hydrogens (tertiary/aromatic N) is 2. The summed E-state index contributed by atoms with van der Waals surface area (Å²) in [7, 11) is 6.84. The molecule has 2 aliphatic heterocycles. The van der Waals surface area contributed by atoms with Crippen LogP contribution in [0, 0.1) is 0 Å². The first-order valence-corrected chi connectivity index (χ1v) is 9.77. The molecule has 0 bridgehead atoms. The molecule has 160 valence electrons. The van der Waals surface area contributed by atoms with Crippen molar-refractivity contribution in [3.8, 4) is 11.5 Å². The van der Waals surface area contributed by atoms with Crippen molar-refractivity contribution in [1.82, 2.24) is 4.90 Å². The molecule has 0 radical (unpaired) electrons. The van der Waals surface area contributed by atoms with Crippen LogP contribution in [0.1, 0.15) is 39.4 Å². The smallest absolute Gasteiger partial charge is 0.337 e. The van der Waals surface area contributed by atoms with Gasteiger partial charge in [-0.15, -0.1) is 12.4 Å². The Bertz CT molecular complexity index is 976. The van der Waals surface area contributed by atoms with Gasteiger partial charge in [0.1, 0.15) is 0 Å². The lowest BCUT2D eigenvalue weighted by atomic mass is 9.79. The van der Waals surface area contributed by atoms with E-state index in [1.54, 1.807) is 20.3 Å². The minimum absolute atomic E-state index is 0. The minimum atomic E-state index is -0.354. The number of likely N-dealkylation sites (tertiary alicyclic amines) is 1. The van der Waals surface area contributed by atoms with Crippen molar-refractivity contribution in [2.75, 3.05) is 41.5 Å². The second kappa shape index (κ2) is 9.06. The van der Waals surface area contributed by atoms with E-state index in [-0.39, 0.29) is 24.4 Å². The number of hydrogen-bond donors (Lipinski definition) is 0. The second-order valence-corrected chi connectivity index (χ2v) is 7.57. The molecule has 0 unspecified atom stereocenters. The molecule has 2 aromatic rings. The summed E-state index contributed by atoms with van der Waals surface area (Å²) in [6.07, 6.45) is 0.995. The van der Waals surface area contributed by atoms with Crippen LogP contribution in [0.3, 0.4) is 0 Å². The fourth-order valence-electron chi connectivity index (χ4n) is 4.35. The number of ether oxygens (including phenoxy) is 3. The van der Waals surface area contributed by atoms with Gasteiger partial charge >= 0.3 is 5.97 Å². The Hall–Kier alpha value is -2.57. The normalized spacial score (nSPS) is 20.2. The number of methoxy groups -OCH3 is 3. The second-order valence-electron chi connectivity index (χ2n) is 7.57. The number of carbonyl (C=O) groups is 1. The van der Waals surface area contributed by atoms with E-state index in [1.807, 2.05) is 24.3 Å². The molecule has 0 aromatic heterocycles. The van der Waals surface area contributed by atoms with E-state index in [9.17, 15) is 4.79 Å². The third kappa shape index (κ3) is 3.89. The highest BCUT2D eigenvalue weighted by molar-refractivity contribution is 6.15. The number of carbonyl (C=O) groups excluding carboxylic acids is 1. The van der Waals surface area contributed by atoms with E-state index in [4.69, 9.17) is 19.2 Å². The summed E-state index contributed by atoms with van der Waals surface area (Å²) in [4.78, 5) is 19.5. The van der Waals surface area contributed by atoms with Crippen LogP contribution in [0.25, 0.3) is 0 Å². The van der Waals surface area contributed by atoms with E-state index in [1.165, 1.54) is 12.7 Å². The number of hydrogen-bond acceptors (Lipinski definition) is 6. The molecule has 2 aromatic carbocycles. The van der Waals surface area contributed by atoms with E-state index < -0.39 is 0 Å². The fourth-order valence-corrected chi connectivity index (χ4v) is 4.35. The first-order chi connectivity index (χ1) is 14.0. The molecular formula is C23H27ClN2O4. The zero-order chi connectivity index (χ0) is 20.5. The Labute approximate surface area is 183 Å². The summed E-state index contributed by atoms with van der Waals surface area (Å²) in [5.74, 6) is 1.34. The number of benzene rings is 2. The van der Waals surface area contributed by atoms with Gasteiger partial charge in [-0.3, -0.25) is 4.99 Å². The molecule has 4 rings (SSSR count). The number of rotatable bonds is 4. The van der Waals surface area contributed by atoms with Crippen molar-refractivity contribution in [2.45, 2.75) is 18.4 Å². The van der Waals surface area contributed by atoms with Gasteiger partial charge in [0.15, 0.2) is 11.5 Å². The zero-order valence-corrected chi connectivity index (χ0v) is 18.5. The molecule has 0 amide bonds. The lowest BCUT2D eigenvalue weighted by Crippen LogP contribution is -2.41. The van der Waals surface area contributed by atoms with Gasteiger partial charge < -0.3 is 19.1 Å². The molecule has 2 atom stereocenters. The highest BCUT2D eigenvalue weighted by Crippen LogP contribution is 2.42. The first-order valence-electron chi connectivity index (χ1n) is 9.77. The SMILES string of the molecule is COC(=O)c1cccc(C2=N[C@@H]3CCN(C)C[C@@H]3c3cc(OC)c(OC)cc32)c1.Cl. The Kier molecular flexibility index (Phi) is 6.68. The van der Waals surface area contributed by atoms with Gasteiger partial charge in [-0.25, -0.2) is 4.79 Å². The largest absolute Gasteiger partial charge is 0.493 e. The maximum atomic E-state index is 12.0. The maximum Gasteiger partial charge on any atom is 0.337 e. The van der Waals surface area contributed by atoms with E-state index in [2.05, 4.69) is 18.0 Å². The summed E-state index contributed by atoms with van der Waals surface area (Å²) < 4.78 is 16.0. The molecular weight excluding hydrogens is 404 g/mol. The Morgan fingerprint density at radius 3 is 2.53 bits per heavy atom. The van der Waals surface area contributed by atoms with Crippen molar-refractivity contribution in [2.24, 2.45) is 4.99 Å². The van der Waals surface area contributed by atoms with Gasteiger partial charge in [-0.05, 0) is 49.8 Å². The predicted octanol–water partition coefficient (Wildman–Crippen LogP) is 3.55. The van der Waals surface area contributed by atoms with Crippen LogP contribution in [0.2, 0.25) is 0 Å². The van der Waals surface area contributed by atoms with Gasteiger partial charge in [0.2, 0.25) is 0 Å². The number of halogens is 1. The van der Waals surface area contributed by atoms with Crippen molar-refractivity contribution in [3.05, 3.63) is 58.7 Å². The van der Waals surface area contributed by atoms with E-state index >= 15 is 0 Å². The van der Waals surface area contributed by atoms with Gasteiger partial charge in [0.05, 0.1) is 38.6 Å². The van der Waals surface area contributed by atoms with Gasteiger partial charge in [0, 0.05) is 23.6 Å². The Morgan fingerprint density at radius 1 is 1.10 bits per heavy atom. The first kappa shape index (κ1) is 22.1. The monoisotopic (exact) mass is 430 g/mol. The van der Waals surface area contributed by atoms with Crippen LogP contribution in [-0.4, -0.2) is 64.1 Å². The summed E-state index contributed by atoms with van der Waals surface area (Å²) >= 11 is 0. The predicted molar refractivity (Wildman–Crippen MR) is 119 cm³/mol. The Morgan fingerprint density at radius 2 is 1.83 bits per heavy atom. The molecule has 1 fully saturated rings. The van der Waals surface area contributed by atoms with Crippen LogP contribution in [0.15, 0.2) is 41.4 Å². The van der Waals surface area contributed by atoms with Gasteiger partial charge in [0.25, 0.3) is 0 Å². The maximum absolute atomic E-state index is 12.0. The summed E-state index contributed by atoms with van der Waals surface area (Å²) in [5.41, 5.74) is 4.55. The van der Waals surface area contributed by atoms with E-state index in [0.717, 1.165) is 42.1 Å². The minimum Gasteiger partial charge on any atom is -0.493 e. The van der Waals surface area contributed by atoms with Crippen LogP contribution < -0.4 is 9.47 Å².